The molecule has 5 heteroatoms. The normalized spacial score (nSPS) is 10.7. The number of aromatic nitrogens is 1. The lowest BCUT2D eigenvalue weighted by Gasteiger charge is -2.10. The molecule has 0 atom stereocenters. The van der Waals surface area contributed by atoms with Crippen molar-refractivity contribution >= 4 is 17.7 Å². The van der Waals surface area contributed by atoms with E-state index in [9.17, 15) is 4.79 Å². The molecule has 134 valence electrons. The van der Waals surface area contributed by atoms with E-state index in [4.69, 9.17) is 9.26 Å². The lowest BCUT2D eigenvalue weighted by Crippen LogP contribution is -2.07. The van der Waals surface area contributed by atoms with Gasteiger partial charge in [-0.1, -0.05) is 47.1 Å². The van der Waals surface area contributed by atoms with Crippen molar-refractivity contribution in [3.63, 3.8) is 0 Å². The van der Waals surface area contributed by atoms with Crippen LogP contribution in [0, 0.1) is 20.8 Å². The van der Waals surface area contributed by atoms with Gasteiger partial charge >= 0.3 is 5.97 Å². The summed E-state index contributed by atoms with van der Waals surface area (Å²) in [5.41, 5.74) is 4.66. The van der Waals surface area contributed by atoms with E-state index in [1.54, 1.807) is 17.8 Å². The average molecular weight is 367 g/mol. The molecule has 0 radical (unpaired) electrons. The first-order valence-electron chi connectivity index (χ1n) is 8.41. The molecule has 2 aromatic carbocycles. The molecular formula is C21H21NO3S. The van der Waals surface area contributed by atoms with Gasteiger partial charge in [-0.05, 0) is 38.5 Å². The monoisotopic (exact) mass is 367 g/mol. The molecule has 0 spiro atoms. The Labute approximate surface area is 157 Å². The van der Waals surface area contributed by atoms with Crippen LogP contribution < -0.4 is 0 Å². The van der Waals surface area contributed by atoms with Gasteiger partial charge in [0.05, 0.1) is 11.3 Å². The van der Waals surface area contributed by atoms with Gasteiger partial charge in [-0.15, -0.1) is 11.8 Å². The van der Waals surface area contributed by atoms with Crippen LogP contribution in [-0.2, 0) is 17.1 Å². The van der Waals surface area contributed by atoms with Gasteiger partial charge in [-0.25, -0.2) is 4.79 Å². The summed E-state index contributed by atoms with van der Waals surface area (Å²) in [5, 5.41) is 3.98. The van der Waals surface area contributed by atoms with E-state index in [-0.39, 0.29) is 12.6 Å². The van der Waals surface area contributed by atoms with Gasteiger partial charge in [0.1, 0.15) is 12.4 Å². The molecule has 0 unspecified atom stereocenters. The van der Waals surface area contributed by atoms with Crippen LogP contribution in [0.4, 0.5) is 0 Å². The maximum absolute atomic E-state index is 12.6. The predicted octanol–water partition coefficient (Wildman–Crippen LogP) is 5.25. The summed E-state index contributed by atoms with van der Waals surface area (Å²) in [5.74, 6) is 1.20. The third kappa shape index (κ3) is 4.35. The molecule has 0 fully saturated rings. The van der Waals surface area contributed by atoms with Crippen molar-refractivity contribution in [2.75, 3.05) is 0 Å². The van der Waals surface area contributed by atoms with Crippen molar-refractivity contribution in [3.05, 3.63) is 82.2 Å². The number of esters is 1. The zero-order valence-corrected chi connectivity index (χ0v) is 15.9. The second-order valence-corrected chi connectivity index (χ2v) is 7.17. The third-order valence-corrected chi connectivity index (χ3v) is 5.21. The SMILES string of the molecule is Cc1cccc(COC(=O)c2ccccc2SCc2c(C)noc2C)c1. The van der Waals surface area contributed by atoms with Gasteiger partial charge in [-0.3, -0.25) is 0 Å². The first-order valence-corrected chi connectivity index (χ1v) is 9.39. The van der Waals surface area contributed by atoms with E-state index >= 15 is 0 Å². The fraction of sp³-hybridized carbons (Fsp3) is 0.238. The Bertz CT molecular complexity index is 898. The minimum Gasteiger partial charge on any atom is -0.457 e. The van der Waals surface area contributed by atoms with Crippen LogP contribution in [0.25, 0.3) is 0 Å². The molecule has 3 rings (SSSR count). The molecule has 4 nitrogen and oxygen atoms in total. The van der Waals surface area contributed by atoms with E-state index in [0.29, 0.717) is 11.3 Å². The standard InChI is InChI=1S/C21H21NO3S/c1-14-7-6-8-17(11-14)12-24-21(23)18-9-4-5-10-20(18)26-13-19-15(2)22-25-16(19)3/h4-11H,12-13H2,1-3H3. The molecule has 3 aromatic rings. The summed E-state index contributed by atoms with van der Waals surface area (Å²) < 4.78 is 10.7. The van der Waals surface area contributed by atoms with Crippen molar-refractivity contribution in [2.24, 2.45) is 0 Å². The first kappa shape index (κ1) is 18.3. The van der Waals surface area contributed by atoms with Gasteiger partial charge in [0.2, 0.25) is 0 Å². The fourth-order valence-electron chi connectivity index (χ4n) is 2.65. The van der Waals surface area contributed by atoms with E-state index in [2.05, 4.69) is 5.16 Å². The van der Waals surface area contributed by atoms with Crippen molar-refractivity contribution in [2.45, 2.75) is 38.0 Å². The number of nitrogens with zero attached hydrogens (tertiary/aromatic N) is 1. The maximum atomic E-state index is 12.6. The minimum absolute atomic E-state index is 0.267. The number of benzene rings is 2. The highest BCUT2D eigenvalue weighted by molar-refractivity contribution is 7.98. The summed E-state index contributed by atoms with van der Waals surface area (Å²) in [7, 11) is 0. The molecule has 0 N–H and O–H groups in total. The van der Waals surface area contributed by atoms with Crippen molar-refractivity contribution in [1.29, 1.82) is 0 Å². The van der Waals surface area contributed by atoms with E-state index < -0.39 is 0 Å². The summed E-state index contributed by atoms with van der Waals surface area (Å²) in [6.07, 6.45) is 0. The second-order valence-electron chi connectivity index (χ2n) is 6.15. The third-order valence-electron chi connectivity index (χ3n) is 4.11. The van der Waals surface area contributed by atoms with E-state index in [1.165, 1.54) is 0 Å². The Kier molecular flexibility index (Phi) is 5.78. The van der Waals surface area contributed by atoms with Crippen molar-refractivity contribution < 1.29 is 14.1 Å². The molecule has 0 bridgehead atoms. The van der Waals surface area contributed by atoms with Crippen molar-refractivity contribution in [1.82, 2.24) is 5.16 Å². The number of carbonyl (C=O) groups excluding carboxylic acids is 1. The van der Waals surface area contributed by atoms with Crippen LogP contribution >= 0.6 is 11.8 Å². The van der Waals surface area contributed by atoms with Gasteiger partial charge in [0.15, 0.2) is 0 Å². The molecule has 0 saturated heterocycles. The Balaban J connectivity index is 1.69. The highest BCUT2D eigenvalue weighted by atomic mass is 32.2. The van der Waals surface area contributed by atoms with Gasteiger partial charge in [0.25, 0.3) is 0 Å². The molecular weight excluding hydrogens is 346 g/mol. The zero-order chi connectivity index (χ0) is 18.5. The number of carbonyl (C=O) groups is 1. The lowest BCUT2D eigenvalue weighted by molar-refractivity contribution is 0.0468. The van der Waals surface area contributed by atoms with Gasteiger partial charge in [-0.2, -0.15) is 0 Å². The zero-order valence-electron chi connectivity index (χ0n) is 15.1. The first-order chi connectivity index (χ1) is 12.5. The topological polar surface area (TPSA) is 52.3 Å². The van der Waals surface area contributed by atoms with Crippen LogP contribution in [0.2, 0.25) is 0 Å². The largest absolute Gasteiger partial charge is 0.457 e. The van der Waals surface area contributed by atoms with Crippen LogP contribution in [0.15, 0.2) is 57.9 Å². The number of hydrogen-bond donors (Lipinski definition) is 0. The van der Waals surface area contributed by atoms with Crippen LogP contribution in [0.1, 0.15) is 38.5 Å². The maximum Gasteiger partial charge on any atom is 0.339 e. The summed E-state index contributed by atoms with van der Waals surface area (Å²) in [4.78, 5) is 13.4. The van der Waals surface area contributed by atoms with Crippen LogP contribution in [-0.4, -0.2) is 11.1 Å². The highest BCUT2D eigenvalue weighted by Gasteiger charge is 2.15. The molecule has 26 heavy (non-hydrogen) atoms. The highest BCUT2D eigenvalue weighted by Crippen LogP contribution is 2.29. The molecule has 0 saturated carbocycles. The second kappa shape index (κ2) is 8.23. The molecule has 0 aliphatic rings. The average Bonchev–Trinajstić information content (AvgIpc) is 2.96. The molecule has 0 aliphatic carbocycles. The Morgan fingerprint density at radius 1 is 1.12 bits per heavy atom. The number of thioether (sulfide) groups is 1. The van der Waals surface area contributed by atoms with Crippen molar-refractivity contribution in [3.8, 4) is 0 Å². The quantitative estimate of drug-likeness (QED) is 0.440. The Morgan fingerprint density at radius 2 is 1.92 bits per heavy atom. The smallest absolute Gasteiger partial charge is 0.339 e. The summed E-state index contributed by atoms with van der Waals surface area (Å²) in [6.45, 7) is 6.11. The predicted molar refractivity (Wildman–Crippen MR) is 102 cm³/mol. The Morgan fingerprint density at radius 3 is 2.65 bits per heavy atom. The van der Waals surface area contributed by atoms with Crippen LogP contribution in [0.5, 0.6) is 0 Å². The van der Waals surface area contributed by atoms with E-state index in [0.717, 1.165) is 33.0 Å². The number of hydrogen-bond acceptors (Lipinski definition) is 5. The molecule has 0 aliphatic heterocycles. The molecule has 1 aromatic heterocycles. The van der Waals surface area contributed by atoms with Gasteiger partial charge in [0, 0.05) is 16.2 Å². The molecule has 0 amide bonds. The van der Waals surface area contributed by atoms with Gasteiger partial charge < -0.3 is 9.26 Å². The van der Waals surface area contributed by atoms with Crippen LogP contribution in [0.3, 0.4) is 0 Å². The Hall–Kier alpha value is -2.53. The lowest BCUT2D eigenvalue weighted by atomic mass is 10.1. The molecule has 1 heterocycles. The summed E-state index contributed by atoms with van der Waals surface area (Å²) >= 11 is 1.58. The fourth-order valence-corrected chi connectivity index (χ4v) is 3.84. The van der Waals surface area contributed by atoms with E-state index in [1.807, 2.05) is 63.2 Å². The number of ether oxygens (including phenoxy) is 1. The number of rotatable bonds is 6. The minimum atomic E-state index is -0.312. The summed E-state index contributed by atoms with van der Waals surface area (Å²) in [6, 6.07) is 15.5. The number of aryl methyl sites for hydroxylation is 3.